The smallest absolute Gasteiger partial charge is 0.182 e. The van der Waals surface area contributed by atoms with Crippen LogP contribution in [0.1, 0.15) is 0 Å². The summed E-state index contributed by atoms with van der Waals surface area (Å²) in [6.07, 6.45) is 0. The molecule has 71 valence electrons. The van der Waals surface area contributed by atoms with Crippen LogP contribution in [-0.4, -0.2) is 27.3 Å². The van der Waals surface area contributed by atoms with Gasteiger partial charge in [-0.1, -0.05) is 0 Å². The quantitative estimate of drug-likeness (QED) is 0.706. The number of aromatic nitrogens is 4. The number of hydrogen-bond acceptors (Lipinski definition) is 4. The van der Waals surface area contributed by atoms with E-state index in [0.29, 0.717) is 5.82 Å². The summed E-state index contributed by atoms with van der Waals surface area (Å²) in [4.78, 5) is 0. The Labute approximate surface area is 81.3 Å². The van der Waals surface area contributed by atoms with Gasteiger partial charge < -0.3 is 4.74 Å². The lowest BCUT2D eigenvalue weighted by molar-refractivity contribution is 0.415. The molecule has 0 unspecified atom stereocenters. The number of benzene rings is 1. The van der Waals surface area contributed by atoms with Crippen molar-refractivity contribution in [2.75, 3.05) is 7.11 Å². The highest BCUT2D eigenvalue weighted by Gasteiger charge is 2.04. The van der Waals surface area contributed by atoms with Gasteiger partial charge in [-0.25, -0.2) is 4.68 Å². The third-order valence-corrected chi connectivity index (χ3v) is 1.88. The minimum Gasteiger partial charge on any atom is -0.497 e. The van der Waals surface area contributed by atoms with Gasteiger partial charge in [-0.05, 0) is 34.7 Å². The maximum atomic E-state index is 5.04. The molecule has 0 aliphatic carbocycles. The maximum Gasteiger partial charge on any atom is 0.182 e. The van der Waals surface area contributed by atoms with E-state index in [1.807, 2.05) is 24.3 Å². The Morgan fingerprint density at radius 3 is 2.50 bits per heavy atom. The number of tetrazole rings is 1. The summed E-state index contributed by atoms with van der Waals surface area (Å²) < 4.78 is 6.42. The van der Waals surface area contributed by atoms with Gasteiger partial charge in [0.25, 0.3) is 0 Å². The molecule has 5 nitrogen and oxygen atoms in total. The molecule has 14 heavy (non-hydrogen) atoms. The van der Waals surface area contributed by atoms with Crippen LogP contribution < -0.4 is 4.74 Å². The van der Waals surface area contributed by atoms with Crippen LogP contribution in [0.3, 0.4) is 0 Å². The highest BCUT2D eigenvalue weighted by molar-refractivity contribution is 5.55. The summed E-state index contributed by atoms with van der Waals surface area (Å²) in [5.74, 6) is 1.43. The Bertz CT molecular complexity index is 421. The van der Waals surface area contributed by atoms with Gasteiger partial charge in [-0.3, -0.25) is 0 Å². The van der Waals surface area contributed by atoms with Crippen molar-refractivity contribution in [3.8, 4) is 17.1 Å². The molecule has 0 aliphatic rings. The van der Waals surface area contributed by atoms with Gasteiger partial charge in [0.1, 0.15) is 5.75 Å². The van der Waals surface area contributed by atoms with Crippen molar-refractivity contribution >= 4 is 0 Å². The standard InChI is InChI=1S/C9H9N4O/c1-13-9(10-11-12-13)7-3-5-8(14-2)6-4-7/h3-6H,1H2,2H3. The van der Waals surface area contributed by atoms with Crippen LogP contribution in [-0.2, 0) is 0 Å². The van der Waals surface area contributed by atoms with Crippen LogP contribution in [0.25, 0.3) is 11.4 Å². The summed E-state index contributed by atoms with van der Waals surface area (Å²) >= 11 is 0. The Morgan fingerprint density at radius 2 is 2.00 bits per heavy atom. The van der Waals surface area contributed by atoms with E-state index < -0.39 is 0 Å². The van der Waals surface area contributed by atoms with Crippen molar-refractivity contribution in [3.05, 3.63) is 31.3 Å². The zero-order valence-corrected chi connectivity index (χ0v) is 7.71. The predicted octanol–water partition coefficient (Wildman–Crippen LogP) is 0.988. The van der Waals surface area contributed by atoms with E-state index in [-0.39, 0.29) is 0 Å². The van der Waals surface area contributed by atoms with Crippen LogP contribution in [0.2, 0.25) is 0 Å². The number of ether oxygens (including phenoxy) is 1. The third kappa shape index (κ3) is 1.44. The second kappa shape index (κ2) is 3.45. The predicted molar refractivity (Wildman–Crippen MR) is 50.6 cm³/mol. The summed E-state index contributed by atoms with van der Waals surface area (Å²) in [7, 11) is 5.27. The van der Waals surface area contributed by atoms with Crippen molar-refractivity contribution in [2.24, 2.45) is 0 Å². The summed E-state index contributed by atoms with van der Waals surface area (Å²) in [6, 6.07) is 7.46. The summed E-state index contributed by atoms with van der Waals surface area (Å²) in [5.41, 5.74) is 0.908. The lowest BCUT2D eigenvalue weighted by atomic mass is 10.2. The Kier molecular flexibility index (Phi) is 2.14. The topological polar surface area (TPSA) is 52.8 Å². The zero-order chi connectivity index (χ0) is 9.97. The van der Waals surface area contributed by atoms with E-state index in [0.717, 1.165) is 11.3 Å². The molecule has 1 heterocycles. The molecule has 0 aliphatic heterocycles. The molecular weight excluding hydrogens is 180 g/mol. The van der Waals surface area contributed by atoms with Crippen LogP contribution in [0.5, 0.6) is 5.75 Å². The van der Waals surface area contributed by atoms with Crippen molar-refractivity contribution in [3.63, 3.8) is 0 Å². The normalized spacial score (nSPS) is 10.1. The lowest BCUT2D eigenvalue weighted by Gasteiger charge is -2.01. The number of rotatable bonds is 2. The van der Waals surface area contributed by atoms with E-state index in [4.69, 9.17) is 4.74 Å². The Hall–Kier alpha value is -1.91. The maximum absolute atomic E-state index is 5.04. The van der Waals surface area contributed by atoms with Gasteiger partial charge in [0.15, 0.2) is 5.82 Å². The van der Waals surface area contributed by atoms with Gasteiger partial charge >= 0.3 is 0 Å². The largest absolute Gasteiger partial charge is 0.497 e. The first-order chi connectivity index (χ1) is 6.81. The molecule has 0 saturated heterocycles. The lowest BCUT2D eigenvalue weighted by Crippen LogP contribution is -1.92. The van der Waals surface area contributed by atoms with Crippen LogP contribution in [0.4, 0.5) is 0 Å². The van der Waals surface area contributed by atoms with E-state index in [1.54, 1.807) is 7.11 Å². The van der Waals surface area contributed by atoms with Crippen molar-refractivity contribution in [1.29, 1.82) is 0 Å². The Balaban J connectivity index is 2.39. The van der Waals surface area contributed by atoms with Gasteiger partial charge in [0.2, 0.25) is 0 Å². The van der Waals surface area contributed by atoms with Crippen LogP contribution in [0.15, 0.2) is 24.3 Å². The molecular formula is C9H9N4O. The monoisotopic (exact) mass is 189 g/mol. The SMILES string of the molecule is [CH2]n1nnnc1-c1ccc(OC)cc1. The molecule has 2 aromatic rings. The van der Waals surface area contributed by atoms with Gasteiger partial charge in [0.05, 0.1) is 14.2 Å². The van der Waals surface area contributed by atoms with E-state index in [2.05, 4.69) is 22.6 Å². The van der Waals surface area contributed by atoms with Gasteiger partial charge in [0, 0.05) is 5.56 Å². The fourth-order valence-electron chi connectivity index (χ4n) is 1.15. The fourth-order valence-corrected chi connectivity index (χ4v) is 1.15. The number of hydrogen-bond donors (Lipinski definition) is 0. The van der Waals surface area contributed by atoms with E-state index in [1.165, 1.54) is 4.68 Å². The first kappa shape index (κ1) is 8.68. The molecule has 1 radical (unpaired) electrons. The summed E-state index contributed by atoms with van der Waals surface area (Å²) in [6.45, 7) is 0. The second-order valence-electron chi connectivity index (χ2n) is 2.73. The molecule has 2 rings (SSSR count). The Morgan fingerprint density at radius 1 is 1.29 bits per heavy atom. The second-order valence-corrected chi connectivity index (χ2v) is 2.73. The number of nitrogens with zero attached hydrogens (tertiary/aromatic N) is 4. The highest BCUT2D eigenvalue weighted by Crippen LogP contribution is 2.18. The molecule has 0 bridgehead atoms. The first-order valence-electron chi connectivity index (χ1n) is 4.05. The molecule has 1 aromatic heterocycles. The van der Waals surface area contributed by atoms with Gasteiger partial charge in [-0.15, -0.1) is 5.10 Å². The average Bonchev–Trinajstić information content (AvgIpc) is 2.65. The van der Waals surface area contributed by atoms with Crippen molar-refractivity contribution in [2.45, 2.75) is 0 Å². The minimum atomic E-state index is 0.632. The molecule has 1 aromatic carbocycles. The van der Waals surface area contributed by atoms with Crippen LogP contribution >= 0.6 is 0 Å². The number of methoxy groups -OCH3 is 1. The molecule has 5 heteroatoms. The summed E-state index contributed by atoms with van der Waals surface area (Å²) in [5, 5.41) is 11.0. The molecule has 0 fully saturated rings. The van der Waals surface area contributed by atoms with Crippen molar-refractivity contribution < 1.29 is 4.74 Å². The van der Waals surface area contributed by atoms with Crippen LogP contribution in [0, 0.1) is 7.05 Å². The molecule has 0 N–H and O–H groups in total. The third-order valence-electron chi connectivity index (χ3n) is 1.88. The zero-order valence-electron chi connectivity index (χ0n) is 7.71. The first-order valence-corrected chi connectivity index (χ1v) is 4.05. The molecule has 0 spiro atoms. The van der Waals surface area contributed by atoms with E-state index in [9.17, 15) is 0 Å². The van der Waals surface area contributed by atoms with Gasteiger partial charge in [-0.2, -0.15) is 0 Å². The van der Waals surface area contributed by atoms with E-state index >= 15 is 0 Å². The van der Waals surface area contributed by atoms with Crippen molar-refractivity contribution in [1.82, 2.24) is 20.2 Å². The highest BCUT2D eigenvalue weighted by atomic mass is 16.5. The minimum absolute atomic E-state index is 0.632. The molecule has 0 saturated carbocycles. The molecule has 0 atom stereocenters. The molecule has 0 amide bonds. The average molecular weight is 189 g/mol. The fraction of sp³-hybridized carbons (Fsp3) is 0.111.